The number of hydrogen-bond donors (Lipinski definition) is 1. The molecule has 1 aliphatic heterocycles. The minimum Gasteiger partial charge on any atom is -0.350 e. The molecule has 0 spiro atoms. The fourth-order valence-corrected chi connectivity index (χ4v) is 3.00. The van der Waals surface area contributed by atoms with E-state index in [0.717, 1.165) is 5.56 Å². The van der Waals surface area contributed by atoms with Gasteiger partial charge in [0.15, 0.2) is 0 Å². The van der Waals surface area contributed by atoms with Crippen LogP contribution in [0.25, 0.3) is 0 Å². The molecule has 124 valence electrons. The third-order valence-corrected chi connectivity index (χ3v) is 4.46. The molecule has 4 nitrogen and oxygen atoms in total. The molecule has 0 bridgehead atoms. The van der Waals surface area contributed by atoms with Crippen molar-refractivity contribution in [1.82, 2.24) is 5.32 Å². The van der Waals surface area contributed by atoms with Crippen molar-refractivity contribution < 1.29 is 9.59 Å². The first-order chi connectivity index (χ1) is 11.5. The molecule has 1 aliphatic rings. The van der Waals surface area contributed by atoms with E-state index in [-0.39, 0.29) is 11.8 Å². The third kappa shape index (κ3) is 3.60. The zero-order valence-electron chi connectivity index (χ0n) is 13.5. The lowest BCUT2D eigenvalue weighted by Crippen LogP contribution is -2.44. The van der Waals surface area contributed by atoms with Crippen LogP contribution in [0.4, 0.5) is 5.69 Å². The minimum atomic E-state index is -0.468. The number of benzene rings is 2. The number of aryl methyl sites for hydroxylation is 1. The Hall–Kier alpha value is -2.33. The summed E-state index contributed by atoms with van der Waals surface area (Å²) in [4.78, 5) is 26.3. The Bertz CT molecular complexity index is 741. The number of amides is 2. The van der Waals surface area contributed by atoms with Crippen LogP contribution in [-0.2, 0) is 16.1 Å². The summed E-state index contributed by atoms with van der Waals surface area (Å²) < 4.78 is 0. The second-order valence-electron chi connectivity index (χ2n) is 6.00. The molecule has 1 heterocycles. The Labute approximate surface area is 146 Å². The lowest BCUT2D eigenvalue weighted by molar-refractivity contribution is -0.124. The summed E-state index contributed by atoms with van der Waals surface area (Å²) in [5, 5.41) is 3.54. The highest BCUT2D eigenvalue weighted by molar-refractivity contribution is 6.30. The summed E-state index contributed by atoms with van der Waals surface area (Å²) in [6.07, 6.45) is 0.909. The smallest absolute Gasteiger partial charge is 0.243 e. The van der Waals surface area contributed by atoms with E-state index in [1.54, 1.807) is 29.2 Å². The second kappa shape index (κ2) is 7.05. The van der Waals surface area contributed by atoms with Crippen LogP contribution < -0.4 is 10.2 Å². The van der Waals surface area contributed by atoms with Crippen molar-refractivity contribution in [3.8, 4) is 0 Å². The number of nitrogens with zero attached hydrogens (tertiary/aromatic N) is 1. The quantitative estimate of drug-likeness (QED) is 0.925. The molecular weight excluding hydrogens is 324 g/mol. The summed E-state index contributed by atoms with van der Waals surface area (Å²) >= 11 is 5.90. The summed E-state index contributed by atoms with van der Waals surface area (Å²) in [7, 11) is 0. The van der Waals surface area contributed by atoms with E-state index >= 15 is 0 Å². The van der Waals surface area contributed by atoms with Crippen molar-refractivity contribution in [2.75, 3.05) is 4.90 Å². The van der Waals surface area contributed by atoms with Crippen molar-refractivity contribution >= 4 is 29.1 Å². The van der Waals surface area contributed by atoms with Crippen LogP contribution >= 0.6 is 11.6 Å². The van der Waals surface area contributed by atoms with Crippen LogP contribution in [0.2, 0.25) is 5.02 Å². The van der Waals surface area contributed by atoms with Gasteiger partial charge in [-0.25, -0.2) is 0 Å². The van der Waals surface area contributed by atoms with Gasteiger partial charge in [0.1, 0.15) is 6.04 Å². The van der Waals surface area contributed by atoms with E-state index in [9.17, 15) is 9.59 Å². The van der Waals surface area contributed by atoms with Gasteiger partial charge >= 0.3 is 0 Å². The van der Waals surface area contributed by atoms with Crippen molar-refractivity contribution in [3.63, 3.8) is 0 Å². The van der Waals surface area contributed by atoms with Crippen LogP contribution in [0.5, 0.6) is 0 Å². The van der Waals surface area contributed by atoms with Crippen LogP contribution in [0.1, 0.15) is 24.0 Å². The Morgan fingerprint density at radius 3 is 2.50 bits per heavy atom. The van der Waals surface area contributed by atoms with E-state index in [2.05, 4.69) is 5.32 Å². The van der Waals surface area contributed by atoms with E-state index in [4.69, 9.17) is 11.6 Å². The largest absolute Gasteiger partial charge is 0.350 e. The number of carbonyl (C=O) groups excluding carboxylic acids is 2. The number of halogens is 1. The van der Waals surface area contributed by atoms with Crippen LogP contribution in [-0.4, -0.2) is 17.9 Å². The lowest BCUT2D eigenvalue weighted by Gasteiger charge is -2.24. The molecule has 2 amide bonds. The molecule has 24 heavy (non-hydrogen) atoms. The molecular formula is C19H19ClN2O2. The Morgan fingerprint density at radius 2 is 1.83 bits per heavy atom. The van der Waals surface area contributed by atoms with E-state index in [1.807, 2.05) is 31.2 Å². The minimum absolute atomic E-state index is 0.0344. The topological polar surface area (TPSA) is 49.4 Å². The predicted molar refractivity (Wildman–Crippen MR) is 95.0 cm³/mol. The normalized spacial score (nSPS) is 17.2. The molecule has 1 saturated heterocycles. The molecule has 5 heteroatoms. The highest BCUT2D eigenvalue weighted by atomic mass is 35.5. The molecule has 1 N–H and O–H groups in total. The fraction of sp³-hybridized carbons (Fsp3) is 0.263. The average molecular weight is 343 g/mol. The lowest BCUT2D eigenvalue weighted by atomic mass is 10.1. The van der Waals surface area contributed by atoms with Gasteiger partial charge in [0.05, 0.1) is 0 Å². The van der Waals surface area contributed by atoms with Gasteiger partial charge in [-0.2, -0.15) is 0 Å². The number of nitrogens with one attached hydrogen (secondary N) is 1. The molecule has 2 aromatic rings. The molecule has 0 saturated carbocycles. The van der Waals surface area contributed by atoms with Crippen molar-refractivity contribution in [2.45, 2.75) is 32.4 Å². The first-order valence-corrected chi connectivity index (χ1v) is 8.33. The van der Waals surface area contributed by atoms with E-state index < -0.39 is 6.04 Å². The number of rotatable bonds is 4. The Balaban J connectivity index is 1.69. The highest BCUT2D eigenvalue weighted by Gasteiger charge is 2.36. The second-order valence-corrected chi connectivity index (χ2v) is 6.43. The van der Waals surface area contributed by atoms with Gasteiger partial charge in [0.25, 0.3) is 0 Å². The molecule has 0 radical (unpaired) electrons. The predicted octanol–water partition coefficient (Wildman–Crippen LogP) is 3.46. The molecule has 0 aromatic heterocycles. The van der Waals surface area contributed by atoms with Crippen LogP contribution in [0.15, 0.2) is 48.5 Å². The van der Waals surface area contributed by atoms with Gasteiger partial charge in [-0.3, -0.25) is 14.5 Å². The number of anilines is 1. The van der Waals surface area contributed by atoms with Gasteiger partial charge in [-0.05, 0) is 43.2 Å². The van der Waals surface area contributed by atoms with Crippen LogP contribution in [0, 0.1) is 6.92 Å². The van der Waals surface area contributed by atoms with Gasteiger partial charge in [0.2, 0.25) is 11.8 Å². The molecule has 1 fully saturated rings. The molecule has 0 aliphatic carbocycles. The first kappa shape index (κ1) is 16.5. The number of carbonyl (C=O) groups is 2. The van der Waals surface area contributed by atoms with Gasteiger partial charge in [-0.1, -0.05) is 41.4 Å². The average Bonchev–Trinajstić information content (AvgIpc) is 2.96. The Morgan fingerprint density at radius 1 is 1.17 bits per heavy atom. The van der Waals surface area contributed by atoms with Crippen molar-refractivity contribution in [2.24, 2.45) is 0 Å². The molecule has 3 rings (SSSR count). The van der Waals surface area contributed by atoms with Gasteiger partial charge < -0.3 is 5.32 Å². The summed E-state index contributed by atoms with van der Waals surface area (Å²) in [5.74, 6) is -0.163. The summed E-state index contributed by atoms with van der Waals surface area (Å²) in [5.41, 5.74) is 2.93. The fourth-order valence-electron chi connectivity index (χ4n) is 2.87. The SMILES string of the molecule is Cc1ccc(CNC(=O)C2CCC(=O)N2c2ccc(Cl)cc2)cc1. The standard InChI is InChI=1S/C19H19ClN2O2/c1-13-2-4-14(5-3-13)12-21-19(24)17-10-11-18(23)22(17)16-8-6-15(20)7-9-16/h2-9,17H,10-12H2,1H3,(H,21,24). The third-order valence-electron chi connectivity index (χ3n) is 4.21. The highest BCUT2D eigenvalue weighted by Crippen LogP contribution is 2.28. The van der Waals surface area contributed by atoms with E-state index in [1.165, 1.54) is 5.56 Å². The van der Waals surface area contributed by atoms with Crippen LogP contribution in [0.3, 0.4) is 0 Å². The molecule has 2 aromatic carbocycles. The van der Waals surface area contributed by atoms with Gasteiger partial charge in [-0.15, -0.1) is 0 Å². The maximum Gasteiger partial charge on any atom is 0.243 e. The first-order valence-electron chi connectivity index (χ1n) is 7.95. The summed E-state index contributed by atoms with van der Waals surface area (Å²) in [6.45, 7) is 2.48. The Kier molecular flexibility index (Phi) is 4.86. The van der Waals surface area contributed by atoms with Gasteiger partial charge in [0, 0.05) is 23.7 Å². The molecule has 1 unspecified atom stereocenters. The summed E-state index contributed by atoms with van der Waals surface area (Å²) in [6, 6.07) is 14.5. The van der Waals surface area contributed by atoms with Crippen molar-refractivity contribution in [3.05, 3.63) is 64.7 Å². The monoisotopic (exact) mass is 342 g/mol. The van der Waals surface area contributed by atoms with Crippen molar-refractivity contribution in [1.29, 1.82) is 0 Å². The zero-order chi connectivity index (χ0) is 17.1. The number of hydrogen-bond acceptors (Lipinski definition) is 2. The molecule has 1 atom stereocenters. The maximum atomic E-state index is 12.6. The zero-order valence-corrected chi connectivity index (χ0v) is 14.2. The van der Waals surface area contributed by atoms with E-state index in [0.29, 0.717) is 30.1 Å². The maximum absolute atomic E-state index is 12.6.